The Morgan fingerprint density at radius 3 is 2.46 bits per heavy atom. The Bertz CT molecular complexity index is 1640. The van der Waals surface area contributed by atoms with Crippen molar-refractivity contribution in [3.63, 3.8) is 0 Å². The first-order chi connectivity index (χ1) is 18.8. The van der Waals surface area contributed by atoms with Crippen LogP contribution in [0.5, 0.6) is 0 Å². The third-order valence-electron chi connectivity index (χ3n) is 5.97. The number of thiazole rings is 1. The number of carbonyl (C=O) groups is 2. The zero-order valence-electron chi connectivity index (χ0n) is 21.3. The number of carbonyl (C=O) groups excluding carboxylic acids is 2. The number of hydrogen-bond donors (Lipinski definition) is 1. The molecule has 0 unspecified atom stereocenters. The fraction of sp³-hybridized carbons (Fsp3) is 0.179. The molecule has 3 aromatic rings. The third-order valence-corrected chi connectivity index (χ3v) is 7.25. The summed E-state index contributed by atoms with van der Waals surface area (Å²) < 4.78 is 0. The van der Waals surface area contributed by atoms with Crippen LogP contribution in [0.4, 0.5) is 22.2 Å². The number of allylic oxidation sites excluding steroid dienone is 3. The van der Waals surface area contributed by atoms with E-state index in [0.29, 0.717) is 27.4 Å². The van der Waals surface area contributed by atoms with Gasteiger partial charge in [-0.15, -0.1) is 10.2 Å². The lowest BCUT2D eigenvalue weighted by Gasteiger charge is -2.22. The second-order valence-electron chi connectivity index (χ2n) is 8.31. The average Bonchev–Trinajstić information content (AvgIpc) is 3.41. The van der Waals surface area contributed by atoms with Crippen molar-refractivity contribution in [3.05, 3.63) is 74.8 Å². The maximum absolute atomic E-state index is 13.2. The van der Waals surface area contributed by atoms with Gasteiger partial charge < -0.3 is 10.2 Å². The summed E-state index contributed by atoms with van der Waals surface area (Å²) in [6.07, 6.45) is 1.52. The van der Waals surface area contributed by atoms with Crippen molar-refractivity contribution < 1.29 is 9.59 Å². The Hall–Kier alpha value is -4.64. The summed E-state index contributed by atoms with van der Waals surface area (Å²) >= 11 is 7.47. The average molecular weight is 556 g/mol. The maximum Gasteiger partial charge on any atom is 0.231 e. The molecule has 9 nitrogen and oxygen atoms in total. The first-order valence-corrected chi connectivity index (χ1v) is 13.2. The summed E-state index contributed by atoms with van der Waals surface area (Å²) in [5, 5.41) is 30.6. The van der Waals surface area contributed by atoms with Crippen LogP contribution in [0.2, 0.25) is 5.15 Å². The number of nitrogens with one attached hydrogen (secondary N) is 1. The standard InChI is InChI=1S/C28H22ClN7O2S/c1-4-36(5-2)18-10-11-22(23(12-18)32-16(3)37)34-35-28-33-27(29)24(39-28)13-21-25(17(14-30)15-31)19-8-6-7-9-20(19)26(21)38/h6-13H,4-5H2,1-3H3,(H,32,37). The smallest absolute Gasteiger partial charge is 0.231 e. The van der Waals surface area contributed by atoms with Crippen molar-refractivity contribution in [2.45, 2.75) is 20.8 Å². The van der Waals surface area contributed by atoms with Gasteiger partial charge in [0.25, 0.3) is 0 Å². The van der Waals surface area contributed by atoms with Gasteiger partial charge >= 0.3 is 0 Å². The number of aromatic nitrogens is 1. The molecule has 0 atom stereocenters. The van der Waals surface area contributed by atoms with Gasteiger partial charge in [0.1, 0.15) is 28.6 Å². The van der Waals surface area contributed by atoms with Crippen LogP contribution in [0.1, 0.15) is 41.6 Å². The lowest BCUT2D eigenvalue weighted by molar-refractivity contribution is -0.114. The highest BCUT2D eigenvalue weighted by Gasteiger charge is 2.32. The molecule has 1 aliphatic rings. The Morgan fingerprint density at radius 1 is 1.13 bits per heavy atom. The van der Waals surface area contributed by atoms with E-state index in [1.165, 1.54) is 13.0 Å². The minimum Gasteiger partial charge on any atom is -0.372 e. The molecule has 2 aromatic carbocycles. The molecule has 0 radical (unpaired) electrons. The van der Waals surface area contributed by atoms with Crippen molar-refractivity contribution in [2.75, 3.05) is 23.3 Å². The Balaban J connectivity index is 1.71. The summed E-state index contributed by atoms with van der Waals surface area (Å²) in [5.74, 6) is -0.556. The number of halogens is 1. The molecule has 1 amide bonds. The molecule has 4 rings (SSSR count). The predicted octanol–water partition coefficient (Wildman–Crippen LogP) is 7.10. The number of ketones is 1. The highest BCUT2D eigenvalue weighted by Crippen LogP contribution is 2.42. The van der Waals surface area contributed by atoms with E-state index in [4.69, 9.17) is 11.6 Å². The summed E-state index contributed by atoms with van der Waals surface area (Å²) in [4.78, 5) is 31.8. The molecular formula is C28H22ClN7O2S. The van der Waals surface area contributed by atoms with Gasteiger partial charge in [0.2, 0.25) is 11.0 Å². The number of fused-ring (bicyclic) bond motifs is 1. The molecule has 1 heterocycles. The van der Waals surface area contributed by atoms with Crippen LogP contribution in [0.3, 0.4) is 0 Å². The number of azo groups is 1. The molecule has 39 heavy (non-hydrogen) atoms. The zero-order valence-corrected chi connectivity index (χ0v) is 22.9. The minimum atomic E-state index is -0.315. The number of benzene rings is 2. The van der Waals surface area contributed by atoms with E-state index in [2.05, 4.69) is 25.4 Å². The number of rotatable bonds is 7. The van der Waals surface area contributed by atoms with Gasteiger partial charge in [-0.1, -0.05) is 47.2 Å². The van der Waals surface area contributed by atoms with Crippen LogP contribution in [0.25, 0.3) is 11.6 Å². The minimum absolute atomic E-state index is 0.0963. The summed E-state index contributed by atoms with van der Waals surface area (Å²) in [6.45, 7) is 7.13. The molecular weight excluding hydrogens is 534 g/mol. The van der Waals surface area contributed by atoms with E-state index in [1.807, 2.05) is 38.1 Å². The van der Waals surface area contributed by atoms with E-state index in [9.17, 15) is 20.1 Å². The van der Waals surface area contributed by atoms with Gasteiger partial charge in [0.05, 0.1) is 10.6 Å². The van der Waals surface area contributed by atoms with E-state index in [-0.39, 0.29) is 38.7 Å². The molecule has 0 fully saturated rings. The maximum atomic E-state index is 13.2. The van der Waals surface area contributed by atoms with Crippen LogP contribution < -0.4 is 10.2 Å². The van der Waals surface area contributed by atoms with Crippen LogP contribution >= 0.6 is 22.9 Å². The first kappa shape index (κ1) is 27.4. The first-order valence-electron chi connectivity index (χ1n) is 12.0. The fourth-order valence-corrected chi connectivity index (χ4v) is 5.22. The van der Waals surface area contributed by atoms with Gasteiger partial charge in [-0.3, -0.25) is 9.59 Å². The van der Waals surface area contributed by atoms with Crippen molar-refractivity contribution in [3.8, 4) is 12.1 Å². The molecule has 0 aliphatic heterocycles. The second kappa shape index (κ2) is 11.8. The summed E-state index contributed by atoms with van der Waals surface area (Å²) in [5.41, 5.74) is 3.08. The largest absolute Gasteiger partial charge is 0.372 e. The molecule has 1 N–H and O–H groups in total. The van der Waals surface area contributed by atoms with Crippen LogP contribution in [0, 0.1) is 22.7 Å². The second-order valence-corrected chi connectivity index (χ2v) is 9.68. The number of nitriles is 2. The summed E-state index contributed by atoms with van der Waals surface area (Å²) in [7, 11) is 0. The molecule has 11 heteroatoms. The number of amides is 1. The number of hydrogen-bond acceptors (Lipinski definition) is 9. The molecule has 0 bridgehead atoms. The lowest BCUT2D eigenvalue weighted by atomic mass is 9.99. The molecule has 0 spiro atoms. The van der Waals surface area contributed by atoms with Crippen LogP contribution in [-0.2, 0) is 4.79 Å². The monoisotopic (exact) mass is 555 g/mol. The summed E-state index contributed by atoms with van der Waals surface area (Å²) in [6, 6.07) is 16.1. The Labute approximate surface area is 234 Å². The highest BCUT2D eigenvalue weighted by atomic mass is 35.5. The predicted molar refractivity (Wildman–Crippen MR) is 153 cm³/mol. The van der Waals surface area contributed by atoms with Crippen molar-refractivity contribution in [1.29, 1.82) is 10.5 Å². The number of anilines is 2. The van der Waals surface area contributed by atoms with E-state index in [0.717, 1.165) is 30.1 Å². The Morgan fingerprint density at radius 2 is 1.82 bits per heavy atom. The topological polar surface area (TPSA) is 135 Å². The van der Waals surface area contributed by atoms with Crippen LogP contribution in [-0.4, -0.2) is 29.8 Å². The number of Topliss-reactive ketones (excluding diaryl/α,β-unsaturated/α-hetero) is 1. The molecule has 1 aliphatic carbocycles. The van der Waals surface area contributed by atoms with Crippen molar-refractivity contribution in [1.82, 2.24) is 4.98 Å². The Kier molecular flexibility index (Phi) is 8.30. The van der Waals surface area contributed by atoms with E-state index in [1.54, 1.807) is 30.3 Å². The van der Waals surface area contributed by atoms with Crippen LogP contribution in [0.15, 0.2) is 63.8 Å². The lowest BCUT2D eigenvalue weighted by Crippen LogP contribution is -2.21. The quantitative estimate of drug-likeness (QED) is 0.188. The zero-order chi connectivity index (χ0) is 28.1. The molecule has 1 aromatic heterocycles. The van der Waals surface area contributed by atoms with E-state index >= 15 is 0 Å². The van der Waals surface area contributed by atoms with E-state index < -0.39 is 0 Å². The van der Waals surface area contributed by atoms with Gasteiger partial charge in [0.15, 0.2) is 5.78 Å². The molecule has 194 valence electrons. The van der Waals surface area contributed by atoms with Gasteiger partial charge in [0, 0.05) is 42.4 Å². The van der Waals surface area contributed by atoms with Gasteiger partial charge in [-0.05, 0) is 43.7 Å². The normalized spacial score (nSPS) is 13.3. The SMILES string of the molecule is CCN(CC)c1ccc(N=Nc2nc(Cl)c(C=C3C(=O)c4ccccc4C3=C(C#N)C#N)s2)c(NC(C)=O)c1. The van der Waals surface area contributed by atoms with Crippen molar-refractivity contribution >= 4 is 68.5 Å². The van der Waals surface area contributed by atoms with Gasteiger partial charge in [-0.25, -0.2) is 4.98 Å². The fourth-order valence-electron chi connectivity index (χ4n) is 4.20. The molecule has 0 saturated heterocycles. The molecule has 0 saturated carbocycles. The van der Waals surface area contributed by atoms with Crippen molar-refractivity contribution in [2.24, 2.45) is 10.2 Å². The van der Waals surface area contributed by atoms with Gasteiger partial charge in [-0.2, -0.15) is 10.5 Å². The highest BCUT2D eigenvalue weighted by molar-refractivity contribution is 7.16. The number of nitrogens with zero attached hydrogens (tertiary/aromatic N) is 6. The third kappa shape index (κ3) is 5.63.